The van der Waals surface area contributed by atoms with E-state index >= 15 is 0 Å². The van der Waals surface area contributed by atoms with E-state index < -0.39 is 11.3 Å². The number of nitrogens with zero attached hydrogens (tertiary/aromatic N) is 2. The standard InChI is InChI=1S/C18H14ClN3O3S/c1-25-12-3-4-13-16(9-12)20-7-6-18(13)22-10-15(19)14-8-11(21-26(23)24)2-5-17(14)22/h2-10,21H,1H3,(H,23,24). The molecule has 8 heteroatoms. The topological polar surface area (TPSA) is 76.4 Å². The maximum absolute atomic E-state index is 11.0. The van der Waals surface area contributed by atoms with E-state index in [4.69, 9.17) is 20.9 Å². The Kier molecular flexibility index (Phi) is 4.28. The summed E-state index contributed by atoms with van der Waals surface area (Å²) in [7, 11) is 1.62. The lowest BCUT2D eigenvalue weighted by molar-refractivity contribution is 0.415. The summed E-state index contributed by atoms with van der Waals surface area (Å²) in [6, 6.07) is 13.0. The Balaban J connectivity index is 1.92. The number of fused-ring (bicyclic) bond motifs is 2. The van der Waals surface area contributed by atoms with Gasteiger partial charge in [0, 0.05) is 34.9 Å². The molecule has 4 aromatic rings. The summed E-state index contributed by atoms with van der Waals surface area (Å²) in [6.45, 7) is 0. The Hall–Kier alpha value is -2.61. The minimum absolute atomic E-state index is 0.516. The van der Waals surface area contributed by atoms with E-state index in [-0.39, 0.29) is 0 Å². The van der Waals surface area contributed by atoms with Crippen molar-refractivity contribution in [1.82, 2.24) is 9.55 Å². The van der Waals surface area contributed by atoms with E-state index in [0.29, 0.717) is 10.7 Å². The van der Waals surface area contributed by atoms with E-state index in [0.717, 1.165) is 33.2 Å². The first-order chi connectivity index (χ1) is 12.6. The molecule has 4 rings (SSSR count). The molecule has 1 unspecified atom stereocenters. The second-order valence-corrected chi connectivity index (χ2v) is 6.75. The third kappa shape index (κ3) is 2.90. The van der Waals surface area contributed by atoms with Gasteiger partial charge >= 0.3 is 0 Å². The first-order valence-corrected chi connectivity index (χ1v) is 9.16. The van der Waals surface area contributed by atoms with Crippen LogP contribution in [0.2, 0.25) is 5.02 Å². The van der Waals surface area contributed by atoms with Crippen LogP contribution < -0.4 is 9.46 Å². The number of hydrogen-bond acceptors (Lipinski definition) is 3. The first kappa shape index (κ1) is 16.8. The highest BCUT2D eigenvalue weighted by atomic mass is 35.5. The Labute approximate surface area is 156 Å². The number of pyridine rings is 1. The fourth-order valence-electron chi connectivity index (χ4n) is 3.00. The zero-order valence-corrected chi connectivity index (χ0v) is 15.2. The molecule has 0 spiro atoms. The Morgan fingerprint density at radius 1 is 1.19 bits per heavy atom. The molecule has 2 heterocycles. The summed E-state index contributed by atoms with van der Waals surface area (Å²) in [5.41, 5.74) is 3.14. The summed E-state index contributed by atoms with van der Waals surface area (Å²) < 4.78 is 29.7. The lowest BCUT2D eigenvalue weighted by atomic mass is 10.1. The fourth-order valence-corrected chi connectivity index (χ4v) is 3.58. The maximum Gasteiger partial charge on any atom is 0.259 e. The zero-order valence-electron chi connectivity index (χ0n) is 13.6. The van der Waals surface area contributed by atoms with Crippen molar-refractivity contribution < 1.29 is 13.5 Å². The molecule has 0 saturated heterocycles. The average molecular weight is 388 g/mol. The molecule has 0 radical (unpaired) electrons. The quantitative estimate of drug-likeness (QED) is 0.509. The van der Waals surface area contributed by atoms with Gasteiger partial charge in [-0.05, 0) is 36.4 Å². The first-order valence-electron chi connectivity index (χ1n) is 7.68. The third-order valence-corrected chi connectivity index (χ3v) is 4.86. The van der Waals surface area contributed by atoms with Crippen LogP contribution in [0.25, 0.3) is 27.5 Å². The van der Waals surface area contributed by atoms with Gasteiger partial charge in [-0.3, -0.25) is 14.3 Å². The molecule has 26 heavy (non-hydrogen) atoms. The molecule has 0 saturated carbocycles. The van der Waals surface area contributed by atoms with Gasteiger partial charge < -0.3 is 9.30 Å². The van der Waals surface area contributed by atoms with Gasteiger partial charge in [0.25, 0.3) is 11.3 Å². The fraction of sp³-hybridized carbons (Fsp3) is 0.0556. The molecule has 0 aliphatic carbocycles. The smallest absolute Gasteiger partial charge is 0.259 e. The number of methoxy groups -OCH3 is 1. The summed E-state index contributed by atoms with van der Waals surface area (Å²) in [5, 5.41) is 2.28. The van der Waals surface area contributed by atoms with Gasteiger partial charge in [-0.1, -0.05) is 11.6 Å². The van der Waals surface area contributed by atoms with Crippen LogP contribution in [0.5, 0.6) is 5.75 Å². The van der Waals surface area contributed by atoms with Crippen LogP contribution in [0.15, 0.2) is 54.9 Å². The summed E-state index contributed by atoms with van der Waals surface area (Å²) in [4.78, 5) is 4.41. The molecule has 2 aromatic carbocycles. The molecule has 0 aliphatic heterocycles. The highest BCUT2D eigenvalue weighted by Gasteiger charge is 2.12. The van der Waals surface area contributed by atoms with Crippen LogP contribution in [0, 0.1) is 0 Å². The van der Waals surface area contributed by atoms with Gasteiger partial charge in [-0.2, -0.15) is 0 Å². The number of rotatable bonds is 4. The van der Waals surface area contributed by atoms with Crippen molar-refractivity contribution >= 4 is 50.4 Å². The van der Waals surface area contributed by atoms with Crippen LogP contribution in [0.3, 0.4) is 0 Å². The van der Waals surface area contributed by atoms with E-state index in [1.807, 2.05) is 41.1 Å². The zero-order chi connectivity index (χ0) is 18.3. The predicted octanol–water partition coefficient (Wildman–Crippen LogP) is 4.39. The van der Waals surface area contributed by atoms with Crippen molar-refractivity contribution in [3.8, 4) is 11.4 Å². The van der Waals surface area contributed by atoms with Crippen LogP contribution in [-0.2, 0) is 11.3 Å². The maximum atomic E-state index is 11.0. The van der Waals surface area contributed by atoms with Crippen molar-refractivity contribution in [2.45, 2.75) is 0 Å². The van der Waals surface area contributed by atoms with Crippen molar-refractivity contribution in [1.29, 1.82) is 0 Å². The van der Waals surface area contributed by atoms with Gasteiger partial charge in [0.05, 0.1) is 28.9 Å². The third-order valence-electron chi connectivity index (χ3n) is 4.15. The van der Waals surface area contributed by atoms with Gasteiger partial charge in [0.1, 0.15) is 5.75 Å². The van der Waals surface area contributed by atoms with Gasteiger partial charge in [0.15, 0.2) is 0 Å². The minimum Gasteiger partial charge on any atom is -0.497 e. The molecule has 1 atom stereocenters. The van der Waals surface area contributed by atoms with Crippen LogP contribution in [-0.4, -0.2) is 25.4 Å². The average Bonchev–Trinajstić information content (AvgIpc) is 2.96. The van der Waals surface area contributed by atoms with Crippen molar-refractivity contribution in [3.63, 3.8) is 0 Å². The van der Waals surface area contributed by atoms with Gasteiger partial charge in [-0.25, -0.2) is 4.21 Å². The Morgan fingerprint density at radius 2 is 2.04 bits per heavy atom. The second-order valence-electron chi connectivity index (χ2n) is 5.64. The summed E-state index contributed by atoms with van der Waals surface area (Å²) >= 11 is 4.28. The number of ether oxygens (including phenoxy) is 1. The van der Waals surface area contributed by atoms with E-state index in [2.05, 4.69) is 9.71 Å². The lowest BCUT2D eigenvalue weighted by Crippen LogP contribution is -2.01. The molecular weight excluding hydrogens is 374 g/mol. The monoisotopic (exact) mass is 387 g/mol. The van der Waals surface area contributed by atoms with Crippen molar-refractivity contribution in [2.24, 2.45) is 0 Å². The second kappa shape index (κ2) is 6.60. The van der Waals surface area contributed by atoms with Crippen molar-refractivity contribution in [2.75, 3.05) is 11.8 Å². The highest BCUT2D eigenvalue weighted by molar-refractivity contribution is 7.80. The Morgan fingerprint density at radius 3 is 2.81 bits per heavy atom. The number of nitrogens with one attached hydrogen (secondary N) is 1. The van der Waals surface area contributed by atoms with Crippen LogP contribution >= 0.6 is 11.6 Å². The van der Waals surface area contributed by atoms with E-state index in [1.54, 1.807) is 25.4 Å². The highest BCUT2D eigenvalue weighted by Crippen LogP contribution is 2.33. The number of aromatic nitrogens is 2. The molecule has 2 N–H and O–H groups in total. The lowest BCUT2D eigenvalue weighted by Gasteiger charge is -2.10. The molecule has 0 bridgehead atoms. The normalized spacial score (nSPS) is 12.4. The number of anilines is 1. The number of halogens is 1. The molecule has 0 amide bonds. The number of benzene rings is 2. The van der Waals surface area contributed by atoms with Crippen molar-refractivity contribution in [3.05, 3.63) is 59.9 Å². The number of hydrogen-bond donors (Lipinski definition) is 2. The predicted molar refractivity (Wildman–Crippen MR) is 105 cm³/mol. The molecule has 0 aliphatic rings. The molecule has 2 aromatic heterocycles. The van der Waals surface area contributed by atoms with E-state index in [1.165, 1.54) is 0 Å². The summed E-state index contributed by atoms with van der Waals surface area (Å²) in [6.07, 6.45) is 3.56. The molecular formula is C18H14ClN3O3S. The van der Waals surface area contributed by atoms with Gasteiger partial charge in [0.2, 0.25) is 0 Å². The minimum atomic E-state index is -2.14. The molecule has 0 fully saturated rings. The molecule has 6 nitrogen and oxygen atoms in total. The summed E-state index contributed by atoms with van der Waals surface area (Å²) in [5.74, 6) is 0.741. The Bertz CT molecular complexity index is 1160. The molecule has 132 valence electrons. The SMILES string of the molecule is COc1ccc2c(-n3cc(Cl)c4cc(NS(=O)O)ccc43)ccnc2c1. The van der Waals surface area contributed by atoms with Crippen LogP contribution in [0.4, 0.5) is 5.69 Å². The van der Waals surface area contributed by atoms with Crippen LogP contribution in [0.1, 0.15) is 0 Å². The van der Waals surface area contributed by atoms with E-state index in [9.17, 15) is 4.21 Å². The van der Waals surface area contributed by atoms with Gasteiger partial charge in [-0.15, -0.1) is 0 Å². The largest absolute Gasteiger partial charge is 0.497 e.